The van der Waals surface area contributed by atoms with Crippen molar-refractivity contribution in [1.82, 2.24) is 15.5 Å². The third kappa shape index (κ3) is 7.16. The monoisotopic (exact) mass is 394 g/mol. The second kappa shape index (κ2) is 12.4. The number of nitrogens with one attached hydrogen (secondary N) is 2. The molecule has 1 unspecified atom stereocenters. The van der Waals surface area contributed by atoms with Gasteiger partial charge in [0.05, 0.1) is 26.1 Å². The minimum atomic E-state index is -0.172. The van der Waals surface area contributed by atoms with Gasteiger partial charge in [-0.05, 0) is 32.8 Å². The van der Waals surface area contributed by atoms with Crippen molar-refractivity contribution >= 4 is 11.9 Å². The van der Waals surface area contributed by atoms with Crippen LogP contribution in [0.2, 0.25) is 0 Å². The molecule has 0 bridgehead atoms. The summed E-state index contributed by atoms with van der Waals surface area (Å²) in [7, 11) is 1.68. The van der Waals surface area contributed by atoms with E-state index in [9.17, 15) is 4.79 Å². The predicted molar refractivity (Wildman–Crippen MR) is 109 cm³/mol. The molecule has 0 spiro atoms. The summed E-state index contributed by atoms with van der Waals surface area (Å²) in [5.74, 6) is 1.67. The first kappa shape index (κ1) is 22.2. The van der Waals surface area contributed by atoms with E-state index in [4.69, 9.17) is 18.9 Å². The van der Waals surface area contributed by atoms with Gasteiger partial charge in [-0.2, -0.15) is 0 Å². The summed E-state index contributed by atoms with van der Waals surface area (Å²) in [6.45, 7) is 9.96. The number of nitrogens with zero attached hydrogens (tertiary/aromatic N) is 2. The molecule has 2 rings (SSSR count). The third-order valence-corrected chi connectivity index (χ3v) is 4.66. The minimum Gasteiger partial charge on any atom is -0.459 e. The van der Waals surface area contributed by atoms with Crippen LogP contribution >= 0.6 is 0 Å². The van der Waals surface area contributed by atoms with Crippen molar-refractivity contribution in [2.45, 2.75) is 26.7 Å². The van der Waals surface area contributed by atoms with Crippen LogP contribution in [0.25, 0.3) is 0 Å². The van der Waals surface area contributed by atoms with Gasteiger partial charge in [0.1, 0.15) is 0 Å². The Balaban J connectivity index is 1.70. The molecule has 1 saturated heterocycles. The van der Waals surface area contributed by atoms with Crippen molar-refractivity contribution in [2.24, 2.45) is 10.9 Å². The highest BCUT2D eigenvalue weighted by Crippen LogP contribution is 2.16. The Labute approximate surface area is 167 Å². The number of amides is 1. The van der Waals surface area contributed by atoms with E-state index >= 15 is 0 Å². The molecule has 2 heterocycles. The lowest BCUT2D eigenvalue weighted by molar-refractivity contribution is 0.0536. The molecule has 1 amide bonds. The van der Waals surface area contributed by atoms with E-state index in [1.165, 1.54) is 6.26 Å². The number of hydrogen-bond donors (Lipinski definition) is 2. The molecule has 28 heavy (non-hydrogen) atoms. The number of rotatable bonds is 11. The Morgan fingerprint density at radius 2 is 2.25 bits per heavy atom. The van der Waals surface area contributed by atoms with E-state index in [1.807, 2.05) is 6.92 Å². The van der Waals surface area contributed by atoms with Gasteiger partial charge in [-0.3, -0.25) is 9.79 Å². The highest BCUT2D eigenvalue weighted by atomic mass is 16.5. The summed E-state index contributed by atoms with van der Waals surface area (Å²) in [4.78, 5) is 19.0. The lowest BCUT2D eigenvalue weighted by Gasteiger charge is -2.21. The van der Waals surface area contributed by atoms with E-state index in [1.54, 1.807) is 13.2 Å². The highest BCUT2D eigenvalue weighted by molar-refractivity contribution is 5.92. The predicted octanol–water partition coefficient (Wildman–Crippen LogP) is 1.66. The fourth-order valence-electron chi connectivity index (χ4n) is 3.13. The Bertz CT molecular complexity index is 617. The van der Waals surface area contributed by atoms with Crippen molar-refractivity contribution in [1.29, 1.82) is 0 Å². The number of guanidine groups is 1. The minimum absolute atomic E-state index is 0.172. The second-order valence-electron chi connectivity index (χ2n) is 6.95. The third-order valence-electron chi connectivity index (χ3n) is 4.66. The van der Waals surface area contributed by atoms with Crippen molar-refractivity contribution in [3.05, 3.63) is 23.7 Å². The van der Waals surface area contributed by atoms with Gasteiger partial charge >= 0.3 is 0 Å². The van der Waals surface area contributed by atoms with Crippen LogP contribution in [0, 0.1) is 12.8 Å². The first-order valence-corrected chi connectivity index (χ1v) is 10.1. The van der Waals surface area contributed by atoms with Crippen molar-refractivity contribution in [3.63, 3.8) is 0 Å². The first-order chi connectivity index (χ1) is 13.7. The molecule has 8 heteroatoms. The molecule has 1 aliphatic rings. The number of ether oxygens (including phenoxy) is 2. The standard InChI is InChI=1S/C20H34N4O4/c1-4-21-20(24-10-6-17(14-24)15-27-13-12-26-3)23-9-5-8-22-19(25)18-16(2)7-11-28-18/h7,11,17H,4-6,8-10,12-15H2,1-3H3,(H,21,23)(H,22,25). The average molecular weight is 395 g/mol. The molecule has 0 saturated carbocycles. The number of aliphatic imine (C=N–C) groups is 1. The summed E-state index contributed by atoms with van der Waals surface area (Å²) in [6.07, 6.45) is 3.41. The van der Waals surface area contributed by atoms with Gasteiger partial charge in [0.2, 0.25) is 0 Å². The van der Waals surface area contributed by atoms with Crippen LogP contribution in [-0.4, -0.2) is 76.4 Å². The fraction of sp³-hybridized carbons (Fsp3) is 0.700. The molecule has 1 aliphatic heterocycles. The topological polar surface area (TPSA) is 88.3 Å². The Kier molecular flexibility index (Phi) is 9.85. The SMILES string of the molecule is CCNC(=NCCCNC(=O)c1occc1C)N1CCC(COCCOC)C1. The van der Waals surface area contributed by atoms with Crippen LogP contribution in [0.3, 0.4) is 0 Å². The summed E-state index contributed by atoms with van der Waals surface area (Å²) in [5.41, 5.74) is 0.847. The highest BCUT2D eigenvalue weighted by Gasteiger charge is 2.24. The number of furan rings is 1. The zero-order chi connectivity index (χ0) is 20.2. The maximum Gasteiger partial charge on any atom is 0.287 e. The molecule has 8 nitrogen and oxygen atoms in total. The second-order valence-corrected chi connectivity index (χ2v) is 6.95. The van der Waals surface area contributed by atoms with Gasteiger partial charge in [-0.1, -0.05) is 0 Å². The van der Waals surface area contributed by atoms with Crippen LogP contribution in [0.1, 0.15) is 35.9 Å². The molecule has 0 radical (unpaired) electrons. The first-order valence-electron chi connectivity index (χ1n) is 10.1. The average Bonchev–Trinajstić information content (AvgIpc) is 3.33. The van der Waals surface area contributed by atoms with E-state index in [-0.39, 0.29) is 5.91 Å². The zero-order valence-corrected chi connectivity index (χ0v) is 17.3. The van der Waals surface area contributed by atoms with Crippen molar-refractivity contribution in [3.8, 4) is 0 Å². The smallest absolute Gasteiger partial charge is 0.287 e. The van der Waals surface area contributed by atoms with Gasteiger partial charge in [-0.15, -0.1) is 0 Å². The Hall–Kier alpha value is -2.06. The fourth-order valence-corrected chi connectivity index (χ4v) is 3.13. The van der Waals surface area contributed by atoms with Crippen LogP contribution in [-0.2, 0) is 9.47 Å². The van der Waals surface area contributed by atoms with Crippen LogP contribution in [0.15, 0.2) is 21.7 Å². The van der Waals surface area contributed by atoms with E-state index in [0.717, 1.165) is 50.6 Å². The summed E-state index contributed by atoms with van der Waals surface area (Å²) in [5, 5.41) is 6.24. The van der Waals surface area contributed by atoms with Crippen molar-refractivity contribution in [2.75, 3.05) is 59.7 Å². The van der Waals surface area contributed by atoms with E-state index < -0.39 is 0 Å². The molecule has 1 aromatic heterocycles. The lowest BCUT2D eigenvalue weighted by Crippen LogP contribution is -2.40. The van der Waals surface area contributed by atoms with Gasteiger partial charge in [0.25, 0.3) is 5.91 Å². The summed E-state index contributed by atoms with van der Waals surface area (Å²) < 4.78 is 15.9. The maximum absolute atomic E-state index is 12.0. The molecule has 1 atom stereocenters. The van der Waals surface area contributed by atoms with Crippen LogP contribution in [0.4, 0.5) is 0 Å². The van der Waals surface area contributed by atoms with Crippen LogP contribution in [0.5, 0.6) is 0 Å². The number of hydrogen-bond acceptors (Lipinski definition) is 5. The quantitative estimate of drug-likeness (QED) is 0.337. The van der Waals surface area contributed by atoms with E-state index in [0.29, 0.717) is 38.0 Å². The van der Waals surface area contributed by atoms with E-state index in [2.05, 4.69) is 22.5 Å². The molecule has 0 aromatic carbocycles. The molecular weight excluding hydrogens is 360 g/mol. The number of carbonyl (C=O) groups is 1. The Morgan fingerprint density at radius 1 is 1.39 bits per heavy atom. The zero-order valence-electron chi connectivity index (χ0n) is 17.3. The number of carbonyl (C=O) groups excluding carboxylic acids is 1. The maximum atomic E-state index is 12.0. The number of likely N-dealkylation sites (tertiary alicyclic amines) is 1. The molecule has 158 valence electrons. The molecule has 0 aliphatic carbocycles. The van der Waals surface area contributed by atoms with Gasteiger partial charge in [0.15, 0.2) is 11.7 Å². The lowest BCUT2D eigenvalue weighted by atomic mass is 10.1. The number of aryl methyl sites for hydroxylation is 1. The normalized spacial score (nSPS) is 17.2. The largest absolute Gasteiger partial charge is 0.459 e. The summed E-state index contributed by atoms with van der Waals surface area (Å²) in [6, 6.07) is 1.79. The van der Waals surface area contributed by atoms with Crippen molar-refractivity contribution < 1.29 is 18.7 Å². The Morgan fingerprint density at radius 3 is 2.96 bits per heavy atom. The van der Waals surface area contributed by atoms with Gasteiger partial charge in [0, 0.05) is 51.3 Å². The molecule has 2 N–H and O–H groups in total. The van der Waals surface area contributed by atoms with Gasteiger partial charge < -0.3 is 29.4 Å². The number of methoxy groups -OCH3 is 1. The molecule has 1 aromatic rings. The molecular formula is C20H34N4O4. The van der Waals surface area contributed by atoms with Crippen LogP contribution < -0.4 is 10.6 Å². The molecule has 1 fully saturated rings. The summed E-state index contributed by atoms with van der Waals surface area (Å²) >= 11 is 0. The van der Waals surface area contributed by atoms with Gasteiger partial charge in [-0.25, -0.2) is 0 Å².